The van der Waals surface area contributed by atoms with E-state index in [4.69, 9.17) is 10.5 Å². The van der Waals surface area contributed by atoms with Gasteiger partial charge in [-0.3, -0.25) is 0 Å². The quantitative estimate of drug-likeness (QED) is 0.696. The van der Waals surface area contributed by atoms with Gasteiger partial charge in [-0.25, -0.2) is 0 Å². The number of hydrogen-bond acceptors (Lipinski definition) is 2. The smallest absolute Gasteiger partial charge is 0.124 e. The van der Waals surface area contributed by atoms with Crippen molar-refractivity contribution in [2.45, 2.75) is 19.4 Å². The van der Waals surface area contributed by atoms with Gasteiger partial charge in [-0.15, -0.1) is 12.4 Å². The molecule has 2 N–H and O–H groups in total. The molecule has 2 rings (SSSR count). The van der Waals surface area contributed by atoms with Gasteiger partial charge in [0.1, 0.15) is 5.75 Å². The highest BCUT2D eigenvalue weighted by Gasteiger charge is 2.18. The molecule has 1 heterocycles. The lowest BCUT2D eigenvalue weighted by atomic mass is 9.97. The molecule has 1 aromatic rings. The first-order valence-electron chi connectivity index (χ1n) is 4.27. The number of halogens is 1. The summed E-state index contributed by atoms with van der Waals surface area (Å²) in [6, 6.07) is 6.23. The number of benzene rings is 1. The van der Waals surface area contributed by atoms with Gasteiger partial charge >= 0.3 is 0 Å². The zero-order valence-corrected chi connectivity index (χ0v) is 8.43. The molecule has 0 fully saturated rings. The monoisotopic (exact) mass is 199 g/mol. The largest absolute Gasteiger partial charge is 0.493 e. The Balaban J connectivity index is 0.000000845. The van der Waals surface area contributed by atoms with Gasteiger partial charge in [0, 0.05) is 18.0 Å². The summed E-state index contributed by atoms with van der Waals surface area (Å²) in [5, 5.41) is 0. The second-order valence-corrected chi connectivity index (χ2v) is 3.23. The number of ether oxygens (including phenoxy) is 1. The molecule has 1 atom stereocenters. The summed E-state index contributed by atoms with van der Waals surface area (Å²) < 4.78 is 5.49. The van der Waals surface area contributed by atoms with Crippen LogP contribution in [0, 0.1) is 6.92 Å². The topological polar surface area (TPSA) is 35.2 Å². The second kappa shape index (κ2) is 3.99. The fourth-order valence-electron chi connectivity index (χ4n) is 1.69. The molecule has 2 nitrogen and oxygen atoms in total. The maximum atomic E-state index is 5.97. The van der Waals surface area contributed by atoms with Crippen molar-refractivity contribution in [3.8, 4) is 5.75 Å². The normalized spacial score (nSPS) is 19.7. The Morgan fingerprint density at radius 1 is 1.46 bits per heavy atom. The van der Waals surface area contributed by atoms with Gasteiger partial charge in [-0.2, -0.15) is 0 Å². The summed E-state index contributed by atoms with van der Waals surface area (Å²) in [6.45, 7) is 2.82. The summed E-state index contributed by atoms with van der Waals surface area (Å²) in [5.41, 5.74) is 8.39. The zero-order valence-electron chi connectivity index (χ0n) is 7.62. The standard InChI is InChI=1S/C10H13NO.ClH/c1-7-3-2-4-9-10(7)8(11)5-6-12-9;/h2-4,8H,5-6,11H2,1H3;1H. The molecule has 0 spiro atoms. The molecule has 72 valence electrons. The van der Waals surface area contributed by atoms with E-state index in [1.54, 1.807) is 0 Å². The van der Waals surface area contributed by atoms with Crippen LogP contribution < -0.4 is 10.5 Å². The summed E-state index contributed by atoms with van der Waals surface area (Å²) >= 11 is 0. The highest BCUT2D eigenvalue weighted by atomic mass is 35.5. The lowest BCUT2D eigenvalue weighted by Gasteiger charge is -2.24. The van der Waals surface area contributed by atoms with Crippen molar-refractivity contribution in [3.63, 3.8) is 0 Å². The first-order valence-corrected chi connectivity index (χ1v) is 4.27. The van der Waals surface area contributed by atoms with Gasteiger partial charge in [-0.05, 0) is 18.6 Å². The summed E-state index contributed by atoms with van der Waals surface area (Å²) in [4.78, 5) is 0. The summed E-state index contributed by atoms with van der Waals surface area (Å²) in [5.74, 6) is 0.966. The fraction of sp³-hybridized carbons (Fsp3) is 0.400. The molecule has 1 aliphatic rings. The predicted octanol–water partition coefficient (Wildman–Crippen LogP) is 2.20. The molecular weight excluding hydrogens is 186 g/mol. The number of fused-ring (bicyclic) bond motifs is 1. The SMILES string of the molecule is Cc1cccc2c1C(N)CCO2.Cl. The van der Waals surface area contributed by atoms with Crippen LogP contribution in [0.25, 0.3) is 0 Å². The third-order valence-corrected chi connectivity index (χ3v) is 2.34. The van der Waals surface area contributed by atoms with Crippen LogP contribution in [0.2, 0.25) is 0 Å². The van der Waals surface area contributed by atoms with Crippen molar-refractivity contribution in [1.29, 1.82) is 0 Å². The average molecular weight is 200 g/mol. The van der Waals surface area contributed by atoms with Gasteiger partial charge in [0.25, 0.3) is 0 Å². The molecular formula is C10H14ClNO. The molecule has 13 heavy (non-hydrogen) atoms. The highest BCUT2D eigenvalue weighted by molar-refractivity contribution is 5.85. The molecule has 0 saturated heterocycles. The Labute approximate surface area is 84.5 Å². The van der Waals surface area contributed by atoms with Gasteiger partial charge in [-0.1, -0.05) is 12.1 Å². The van der Waals surface area contributed by atoms with Gasteiger partial charge in [0.15, 0.2) is 0 Å². The van der Waals surface area contributed by atoms with Gasteiger partial charge < -0.3 is 10.5 Å². The molecule has 0 radical (unpaired) electrons. The van der Waals surface area contributed by atoms with Crippen molar-refractivity contribution in [2.75, 3.05) is 6.61 Å². The average Bonchev–Trinajstić information content (AvgIpc) is 2.04. The molecule has 1 unspecified atom stereocenters. The fourth-order valence-corrected chi connectivity index (χ4v) is 1.69. The molecule has 0 amide bonds. The minimum atomic E-state index is 0. The third kappa shape index (κ3) is 1.79. The van der Waals surface area contributed by atoms with Crippen LogP contribution in [-0.2, 0) is 0 Å². The number of aryl methyl sites for hydroxylation is 1. The van der Waals surface area contributed by atoms with Crippen LogP contribution in [-0.4, -0.2) is 6.61 Å². The van der Waals surface area contributed by atoms with Gasteiger partial charge in [0.2, 0.25) is 0 Å². The Bertz CT molecular complexity index is 301. The number of nitrogens with two attached hydrogens (primary N) is 1. The Kier molecular flexibility index (Phi) is 3.17. The minimum absolute atomic E-state index is 0. The highest BCUT2D eigenvalue weighted by Crippen LogP contribution is 2.32. The first kappa shape index (κ1) is 10.4. The van der Waals surface area contributed by atoms with Crippen LogP contribution in [0.15, 0.2) is 18.2 Å². The van der Waals surface area contributed by atoms with E-state index < -0.39 is 0 Å². The van der Waals surface area contributed by atoms with Crippen molar-refractivity contribution >= 4 is 12.4 Å². The van der Waals surface area contributed by atoms with Crippen LogP contribution in [0.3, 0.4) is 0 Å². The molecule has 0 bridgehead atoms. The molecule has 0 aromatic heterocycles. The van der Waals surface area contributed by atoms with Crippen LogP contribution in [0.1, 0.15) is 23.6 Å². The van der Waals surface area contributed by atoms with E-state index in [1.165, 1.54) is 11.1 Å². The zero-order chi connectivity index (χ0) is 8.55. The Morgan fingerprint density at radius 3 is 2.92 bits per heavy atom. The van der Waals surface area contributed by atoms with E-state index in [0.29, 0.717) is 0 Å². The molecule has 3 heteroatoms. The maximum absolute atomic E-state index is 5.97. The van der Waals surface area contributed by atoms with E-state index in [2.05, 4.69) is 13.0 Å². The number of rotatable bonds is 0. The van der Waals surface area contributed by atoms with Crippen molar-refractivity contribution < 1.29 is 4.74 Å². The first-order chi connectivity index (χ1) is 5.79. The number of hydrogen-bond donors (Lipinski definition) is 1. The van der Waals surface area contributed by atoms with E-state index >= 15 is 0 Å². The molecule has 0 aliphatic carbocycles. The minimum Gasteiger partial charge on any atom is -0.493 e. The molecule has 1 aromatic carbocycles. The lowest BCUT2D eigenvalue weighted by Crippen LogP contribution is -2.21. The third-order valence-electron chi connectivity index (χ3n) is 2.34. The maximum Gasteiger partial charge on any atom is 0.124 e. The van der Waals surface area contributed by atoms with E-state index in [-0.39, 0.29) is 18.4 Å². The predicted molar refractivity (Wildman–Crippen MR) is 55.5 cm³/mol. The second-order valence-electron chi connectivity index (χ2n) is 3.23. The van der Waals surface area contributed by atoms with Crippen LogP contribution >= 0.6 is 12.4 Å². The van der Waals surface area contributed by atoms with Crippen molar-refractivity contribution in [2.24, 2.45) is 5.73 Å². The van der Waals surface area contributed by atoms with Gasteiger partial charge in [0.05, 0.1) is 6.61 Å². The summed E-state index contributed by atoms with van der Waals surface area (Å²) in [6.07, 6.45) is 0.928. The molecule has 1 aliphatic heterocycles. The molecule has 0 saturated carbocycles. The Hall–Kier alpha value is -0.730. The van der Waals surface area contributed by atoms with Crippen LogP contribution in [0.5, 0.6) is 5.75 Å². The van der Waals surface area contributed by atoms with E-state index in [1.807, 2.05) is 12.1 Å². The van der Waals surface area contributed by atoms with Crippen LogP contribution in [0.4, 0.5) is 0 Å². The van der Waals surface area contributed by atoms with E-state index in [9.17, 15) is 0 Å². The Morgan fingerprint density at radius 2 is 2.23 bits per heavy atom. The lowest BCUT2D eigenvalue weighted by molar-refractivity contribution is 0.268. The van der Waals surface area contributed by atoms with Crippen molar-refractivity contribution in [1.82, 2.24) is 0 Å². The van der Waals surface area contributed by atoms with E-state index in [0.717, 1.165) is 18.8 Å². The van der Waals surface area contributed by atoms with Crippen molar-refractivity contribution in [3.05, 3.63) is 29.3 Å². The summed E-state index contributed by atoms with van der Waals surface area (Å²) in [7, 11) is 0.